The number of methoxy groups -OCH3 is 1. The second-order valence-electron chi connectivity index (χ2n) is 9.35. The van der Waals surface area contributed by atoms with E-state index in [4.69, 9.17) is 9.47 Å². The maximum atomic E-state index is 13.5. The molecule has 3 aromatic carbocycles. The number of nitrogens with one attached hydrogen (secondary N) is 1. The van der Waals surface area contributed by atoms with Crippen molar-refractivity contribution < 1.29 is 27.4 Å². The third-order valence-corrected chi connectivity index (χ3v) is 6.56. The van der Waals surface area contributed by atoms with E-state index in [0.29, 0.717) is 23.6 Å². The molecular formula is C32H25F3N4O3. The molecule has 0 unspecified atom stereocenters. The first-order valence-corrected chi connectivity index (χ1v) is 12.9. The average Bonchev–Trinajstić information content (AvgIpc) is 2.99. The highest BCUT2D eigenvalue weighted by atomic mass is 19.4. The molecule has 0 bridgehead atoms. The Labute approximate surface area is 240 Å². The number of halogens is 3. The normalized spacial score (nSPS) is 11.2. The van der Waals surface area contributed by atoms with Crippen molar-refractivity contribution in [2.45, 2.75) is 19.5 Å². The molecule has 0 saturated heterocycles. The summed E-state index contributed by atoms with van der Waals surface area (Å²) < 4.78 is 51.6. The van der Waals surface area contributed by atoms with E-state index in [-0.39, 0.29) is 17.0 Å². The Bertz CT molecular complexity index is 1710. The fraction of sp³-hybridized carbons (Fsp3) is 0.125. The Balaban J connectivity index is 1.43. The predicted molar refractivity (Wildman–Crippen MR) is 152 cm³/mol. The lowest BCUT2D eigenvalue weighted by Gasteiger charge is -2.16. The fourth-order valence-electron chi connectivity index (χ4n) is 4.30. The van der Waals surface area contributed by atoms with Gasteiger partial charge in [-0.1, -0.05) is 6.07 Å². The molecule has 5 aromatic rings. The van der Waals surface area contributed by atoms with Crippen LogP contribution in [-0.4, -0.2) is 28.0 Å². The summed E-state index contributed by atoms with van der Waals surface area (Å²) in [4.78, 5) is 26.2. The Morgan fingerprint density at radius 1 is 0.905 bits per heavy atom. The summed E-state index contributed by atoms with van der Waals surface area (Å²) in [6, 6.07) is 20.1. The molecule has 0 fully saturated rings. The van der Waals surface area contributed by atoms with Gasteiger partial charge in [-0.25, -0.2) is 9.97 Å². The number of amides is 1. The van der Waals surface area contributed by atoms with Crippen molar-refractivity contribution >= 4 is 11.6 Å². The van der Waals surface area contributed by atoms with Gasteiger partial charge in [0.1, 0.15) is 17.8 Å². The number of ether oxygens (including phenoxy) is 2. The lowest BCUT2D eigenvalue weighted by Crippen LogP contribution is -2.15. The maximum Gasteiger partial charge on any atom is 0.416 e. The number of alkyl halides is 3. The molecule has 2 heterocycles. The highest BCUT2D eigenvalue weighted by Crippen LogP contribution is 2.37. The molecule has 0 spiro atoms. The zero-order chi connectivity index (χ0) is 29.7. The van der Waals surface area contributed by atoms with E-state index in [1.165, 1.54) is 19.5 Å². The average molecular weight is 571 g/mol. The SMILES string of the molecule is COc1ccc(Oc2ccc(C(F)(F)F)cc2NC(=O)c2ccc(C)c(Cc3ncccc3-c3ccncn3)c2)cc1. The minimum atomic E-state index is -4.61. The van der Waals surface area contributed by atoms with Gasteiger partial charge in [0.2, 0.25) is 0 Å². The van der Waals surface area contributed by atoms with Crippen molar-refractivity contribution in [3.05, 3.63) is 126 Å². The number of nitrogens with zero attached hydrogens (tertiary/aromatic N) is 3. The van der Waals surface area contributed by atoms with E-state index in [2.05, 4.69) is 20.3 Å². The van der Waals surface area contributed by atoms with Gasteiger partial charge in [-0.15, -0.1) is 0 Å². The molecular weight excluding hydrogens is 545 g/mol. The summed E-state index contributed by atoms with van der Waals surface area (Å²) >= 11 is 0. The van der Waals surface area contributed by atoms with Crippen molar-refractivity contribution in [2.24, 2.45) is 0 Å². The van der Waals surface area contributed by atoms with E-state index in [9.17, 15) is 18.0 Å². The highest BCUT2D eigenvalue weighted by Gasteiger charge is 2.31. The summed E-state index contributed by atoms with van der Waals surface area (Å²) in [7, 11) is 1.52. The molecule has 10 heteroatoms. The van der Waals surface area contributed by atoms with Crippen molar-refractivity contribution in [1.29, 1.82) is 0 Å². The first-order chi connectivity index (χ1) is 20.2. The fourth-order valence-corrected chi connectivity index (χ4v) is 4.30. The number of hydrogen-bond donors (Lipinski definition) is 1. The molecule has 0 radical (unpaired) electrons. The zero-order valence-corrected chi connectivity index (χ0v) is 22.6. The molecule has 1 N–H and O–H groups in total. The molecule has 0 atom stereocenters. The summed E-state index contributed by atoms with van der Waals surface area (Å²) in [6.07, 6.45) is 0.587. The number of rotatable bonds is 8. The second-order valence-corrected chi connectivity index (χ2v) is 9.35. The third kappa shape index (κ3) is 6.55. The first-order valence-electron chi connectivity index (χ1n) is 12.9. The quantitative estimate of drug-likeness (QED) is 0.208. The van der Waals surface area contributed by atoms with Crippen LogP contribution in [0.3, 0.4) is 0 Å². The summed E-state index contributed by atoms with van der Waals surface area (Å²) in [5.41, 5.74) is 3.28. The van der Waals surface area contributed by atoms with Crippen molar-refractivity contribution in [2.75, 3.05) is 12.4 Å². The molecule has 0 aliphatic carbocycles. The minimum Gasteiger partial charge on any atom is -0.497 e. The summed E-state index contributed by atoms with van der Waals surface area (Å²) in [5.74, 6) is 0.413. The van der Waals surface area contributed by atoms with Crippen LogP contribution in [0, 0.1) is 6.92 Å². The number of carbonyl (C=O) groups excluding carboxylic acids is 1. The van der Waals surface area contributed by atoms with Gasteiger partial charge in [-0.2, -0.15) is 13.2 Å². The van der Waals surface area contributed by atoms with Crippen LogP contribution in [-0.2, 0) is 12.6 Å². The molecule has 5 rings (SSSR count). The van der Waals surface area contributed by atoms with Crippen molar-refractivity contribution in [1.82, 2.24) is 15.0 Å². The molecule has 7 nitrogen and oxygen atoms in total. The number of carbonyl (C=O) groups is 1. The van der Waals surface area contributed by atoms with Crippen LogP contribution in [0.4, 0.5) is 18.9 Å². The molecule has 0 aliphatic rings. The number of benzene rings is 3. The van der Waals surface area contributed by atoms with Gasteiger partial charge in [0, 0.05) is 29.9 Å². The van der Waals surface area contributed by atoms with Gasteiger partial charge >= 0.3 is 6.18 Å². The molecule has 212 valence electrons. The standard InChI is InChI=1S/C32H25F3N4O3/c1-20-5-6-21(16-22(20)17-28-26(4-3-14-37-28)27-13-15-36-19-38-27)31(40)39-29-18-23(32(33,34)35)7-12-30(29)42-25-10-8-24(41-2)9-11-25/h3-16,18-19H,17H2,1-2H3,(H,39,40). The lowest BCUT2D eigenvalue weighted by atomic mass is 9.97. The predicted octanol–water partition coefficient (Wildman–Crippen LogP) is 7.51. The van der Waals surface area contributed by atoms with Crippen molar-refractivity contribution in [3.63, 3.8) is 0 Å². The number of pyridine rings is 1. The Morgan fingerprint density at radius 3 is 2.40 bits per heavy atom. The van der Waals surface area contributed by atoms with E-state index in [1.807, 2.05) is 19.1 Å². The Morgan fingerprint density at radius 2 is 1.69 bits per heavy atom. The molecule has 0 aliphatic heterocycles. The van der Waals surface area contributed by atoms with Crippen LogP contribution in [0.25, 0.3) is 11.3 Å². The van der Waals surface area contributed by atoms with Crippen LogP contribution >= 0.6 is 0 Å². The summed E-state index contributed by atoms with van der Waals surface area (Å²) in [5, 5.41) is 2.61. The first kappa shape index (κ1) is 28.3. The largest absolute Gasteiger partial charge is 0.497 e. The number of aromatic nitrogens is 3. The van der Waals surface area contributed by atoms with Crippen LogP contribution in [0.1, 0.15) is 32.7 Å². The smallest absolute Gasteiger partial charge is 0.416 e. The Kier molecular flexibility index (Phi) is 8.14. The van der Waals surface area contributed by atoms with E-state index in [1.54, 1.807) is 60.9 Å². The van der Waals surface area contributed by atoms with Gasteiger partial charge in [-0.3, -0.25) is 9.78 Å². The van der Waals surface area contributed by atoms with E-state index in [0.717, 1.165) is 34.5 Å². The monoisotopic (exact) mass is 570 g/mol. The summed E-state index contributed by atoms with van der Waals surface area (Å²) in [6.45, 7) is 1.91. The highest BCUT2D eigenvalue weighted by molar-refractivity contribution is 6.05. The van der Waals surface area contributed by atoms with E-state index < -0.39 is 17.6 Å². The topological polar surface area (TPSA) is 86.2 Å². The van der Waals surface area contributed by atoms with Crippen LogP contribution in [0.2, 0.25) is 0 Å². The van der Waals surface area contributed by atoms with Gasteiger partial charge in [0.05, 0.1) is 29.7 Å². The zero-order valence-electron chi connectivity index (χ0n) is 22.6. The van der Waals surface area contributed by atoms with Crippen molar-refractivity contribution in [3.8, 4) is 28.5 Å². The van der Waals surface area contributed by atoms with Gasteiger partial charge in [0.15, 0.2) is 5.75 Å². The molecule has 0 saturated carbocycles. The lowest BCUT2D eigenvalue weighted by molar-refractivity contribution is -0.137. The van der Waals surface area contributed by atoms with Gasteiger partial charge in [0.25, 0.3) is 5.91 Å². The van der Waals surface area contributed by atoms with Gasteiger partial charge in [-0.05, 0) is 90.8 Å². The second kappa shape index (κ2) is 12.1. The molecule has 2 aromatic heterocycles. The number of anilines is 1. The number of hydrogen-bond acceptors (Lipinski definition) is 6. The van der Waals surface area contributed by atoms with Gasteiger partial charge < -0.3 is 14.8 Å². The molecule has 42 heavy (non-hydrogen) atoms. The third-order valence-electron chi connectivity index (χ3n) is 6.56. The van der Waals surface area contributed by atoms with Crippen LogP contribution in [0.15, 0.2) is 97.6 Å². The molecule has 1 amide bonds. The van der Waals surface area contributed by atoms with Crippen LogP contribution in [0.5, 0.6) is 17.2 Å². The number of aryl methyl sites for hydroxylation is 1. The maximum absolute atomic E-state index is 13.5. The minimum absolute atomic E-state index is 0.0526. The van der Waals surface area contributed by atoms with Crippen LogP contribution < -0.4 is 14.8 Å². The Hall–Kier alpha value is -5.25. The van der Waals surface area contributed by atoms with E-state index >= 15 is 0 Å².